The van der Waals surface area contributed by atoms with Gasteiger partial charge in [-0.15, -0.1) is 11.3 Å². The van der Waals surface area contributed by atoms with Gasteiger partial charge in [-0.05, 0) is 31.2 Å². The Hall–Kier alpha value is -1.67. The summed E-state index contributed by atoms with van der Waals surface area (Å²) >= 11 is 1.53. The van der Waals surface area contributed by atoms with Crippen molar-refractivity contribution in [1.82, 2.24) is 0 Å². The number of aryl methyl sites for hydroxylation is 1. The van der Waals surface area contributed by atoms with Crippen LogP contribution < -0.4 is 4.90 Å². The lowest BCUT2D eigenvalue weighted by atomic mass is 10.1. The summed E-state index contributed by atoms with van der Waals surface area (Å²) in [6.45, 7) is 0.132. The van der Waals surface area contributed by atoms with Gasteiger partial charge >= 0.3 is 0 Å². The zero-order valence-electron chi connectivity index (χ0n) is 10.6. The van der Waals surface area contributed by atoms with Crippen molar-refractivity contribution in [1.29, 1.82) is 5.26 Å². The maximum Gasteiger partial charge on any atom is 0.235 e. The Morgan fingerprint density at radius 2 is 1.95 bits per heavy atom. The van der Waals surface area contributed by atoms with Crippen LogP contribution in [-0.4, -0.2) is 18.2 Å². The maximum atomic E-state index is 11.8. The second-order valence-corrected chi connectivity index (χ2v) is 6.14. The van der Waals surface area contributed by atoms with Gasteiger partial charge in [-0.1, -0.05) is 6.42 Å². The van der Waals surface area contributed by atoms with E-state index in [1.54, 1.807) is 0 Å². The standard InChI is InChI=1S/C14H14N2O2S/c15-7-11-10-4-2-1-3-5-12(10)19-14(11)16-8-9(17)6-13(16)18/h1-6,8H2. The van der Waals surface area contributed by atoms with Crippen molar-refractivity contribution in [3.63, 3.8) is 0 Å². The molecule has 1 fully saturated rings. The minimum Gasteiger partial charge on any atom is -0.297 e. The number of Topliss-reactive ketones (excluding diaryl/α,β-unsaturated/α-hetero) is 1. The zero-order chi connectivity index (χ0) is 13.4. The van der Waals surface area contributed by atoms with Crippen molar-refractivity contribution in [2.24, 2.45) is 0 Å². The summed E-state index contributed by atoms with van der Waals surface area (Å²) in [5.41, 5.74) is 1.75. The van der Waals surface area contributed by atoms with E-state index in [1.165, 1.54) is 27.5 Å². The van der Waals surface area contributed by atoms with Gasteiger partial charge in [0, 0.05) is 4.88 Å². The second kappa shape index (κ2) is 4.78. The summed E-state index contributed by atoms with van der Waals surface area (Å²) in [7, 11) is 0. The van der Waals surface area contributed by atoms with Gasteiger partial charge < -0.3 is 0 Å². The Labute approximate surface area is 115 Å². The average Bonchev–Trinajstić information content (AvgIpc) is 2.80. The molecular weight excluding hydrogens is 260 g/mol. The van der Waals surface area contributed by atoms with Crippen LogP contribution in [0.25, 0.3) is 0 Å². The molecule has 1 saturated heterocycles. The SMILES string of the molecule is N#Cc1c(N2CC(=O)CC2=O)sc2c1CCCCC2. The molecule has 0 bridgehead atoms. The normalized spacial score (nSPS) is 19.2. The molecule has 98 valence electrons. The van der Waals surface area contributed by atoms with Gasteiger partial charge in [0.2, 0.25) is 5.91 Å². The number of ketones is 1. The predicted molar refractivity (Wildman–Crippen MR) is 72.3 cm³/mol. The number of carbonyl (C=O) groups excluding carboxylic acids is 2. The molecule has 1 aromatic heterocycles. The number of rotatable bonds is 1. The number of fused-ring (bicyclic) bond motifs is 1. The zero-order valence-corrected chi connectivity index (χ0v) is 11.4. The van der Waals surface area contributed by atoms with E-state index in [0.717, 1.165) is 31.2 Å². The van der Waals surface area contributed by atoms with Crippen LogP contribution in [0.4, 0.5) is 5.00 Å². The third kappa shape index (κ3) is 2.06. The molecule has 1 aliphatic heterocycles. The van der Waals surface area contributed by atoms with Gasteiger partial charge in [-0.3, -0.25) is 14.5 Å². The highest BCUT2D eigenvalue weighted by atomic mass is 32.1. The summed E-state index contributed by atoms with van der Waals surface area (Å²) < 4.78 is 0. The Morgan fingerprint density at radius 3 is 2.63 bits per heavy atom. The highest BCUT2D eigenvalue weighted by Crippen LogP contribution is 2.40. The van der Waals surface area contributed by atoms with Crippen molar-refractivity contribution in [3.05, 3.63) is 16.0 Å². The molecule has 1 aromatic rings. The smallest absolute Gasteiger partial charge is 0.235 e. The van der Waals surface area contributed by atoms with Crippen molar-refractivity contribution in [2.45, 2.75) is 38.5 Å². The lowest BCUT2D eigenvalue weighted by molar-refractivity contribution is -0.121. The third-order valence-electron chi connectivity index (χ3n) is 3.74. The average molecular weight is 274 g/mol. The highest BCUT2D eigenvalue weighted by molar-refractivity contribution is 7.16. The molecule has 5 heteroatoms. The molecule has 1 aliphatic carbocycles. The van der Waals surface area contributed by atoms with Crippen LogP contribution in [0.1, 0.15) is 41.7 Å². The Balaban J connectivity index is 2.05. The molecule has 2 aliphatic rings. The van der Waals surface area contributed by atoms with Crippen molar-refractivity contribution in [2.75, 3.05) is 11.4 Å². The molecule has 0 radical (unpaired) electrons. The van der Waals surface area contributed by atoms with Gasteiger partial charge in [0.1, 0.15) is 11.1 Å². The molecular formula is C14H14N2O2S. The van der Waals surface area contributed by atoms with Gasteiger partial charge in [-0.25, -0.2) is 0 Å². The topological polar surface area (TPSA) is 61.2 Å². The van der Waals surface area contributed by atoms with Crippen LogP contribution in [0, 0.1) is 11.3 Å². The number of hydrogen-bond acceptors (Lipinski definition) is 4. The molecule has 2 heterocycles. The third-order valence-corrected chi connectivity index (χ3v) is 5.06. The molecule has 4 nitrogen and oxygen atoms in total. The fourth-order valence-electron chi connectivity index (χ4n) is 2.80. The number of hydrogen-bond donors (Lipinski definition) is 0. The number of anilines is 1. The monoisotopic (exact) mass is 274 g/mol. The minimum absolute atomic E-state index is 0.0204. The lowest BCUT2D eigenvalue weighted by Crippen LogP contribution is -2.24. The first kappa shape index (κ1) is 12.4. The van der Waals surface area contributed by atoms with Crippen LogP contribution in [0.2, 0.25) is 0 Å². The van der Waals surface area contributed by atoms with Crippen molar-refractivity contribution < 1.29 is 9.59 Å². The van der Waals surface area contributed by atoms with Crippen LogP contribution in [0.5, 0.6) is 0 Å². The summed E-state index contributed by atoms with van der Waals surface area (Å²) in [5.74, 6) is -0.226. The molecule has 0 spiro atoms. The second-order valence-electron chi connectivity index (χ2n) is 5.05. The summed E-state index contributed by atoms with van der Waals surface area (Å²) in [4.78, 5) is 26.0. The number of carbonyl (C=O) groups is 2. The fourth-order valence-corrected chi connectivity index (χ4v) is 4.16. The summed E-state index contributed by atoms with van der Waals surface area (Å²) in [6.07, 6.45) is 5.33. The quantitative estimate of drug-likeness (QED) is 0.582. The summed E-state index contributed by atoms with van der Waals surface area (Å²) in [5, 5.41) is 10.1. The Kier molecular flexibility index (Phi) is 3.11. The first-order chi connectivity index (χ1) is 9.20. The first-order valence-electron chi connectivity index (χ1n) is 6.57. The lowest BCUT2D eigenvalue weighted by Gasteiger charge is -2.12. The molecule has 0 atom stereocenters. The van der Waals surface area contributed by atoms with Gasteiger partial charge in [0.25, 0.3) is 0 Å². The van der Waals surface area contributed by atoms with Crippen LogP contribution in [0.15, 0.2) is 0 Å². The van der Waals surface area contributed by atoms with E-state index >= 15 is 0 Å². The van der Waals surface area contributed by atoms with Crippen LogP contribution >= 0.6 is 11.3 Å². The van der Waals surface area contributed by atoms with Gasteiger partial charge in [-0.2, -0.15) is 5.26 Å². The molecule has 1 amide bonds. The molecule has 0 aromatic carbocycles. The molecule has 0 saturated carbocycles. The molecule has 3 rings (SSSR count). The van der Waals surface area contributed by atoms with Crippen LogP contribution in [-0.2, 0) is 22.4 Å². The molecule has 19 heavy (non-hydrogen) atoms. The van der Waals surface area contributed by atoms with Crippen molar-refractivity contribution >= 4 is 28.0 Å². The largest absolute Gasteiger partial charge is 0.297 e. The Morgan fingerprint density at radius 1 is 1.16 bits per heavy atom. The number of thiophene rings is 1. The van der Waals surface area contributed by atoms with E-state index in [4.69, 9.17) is 0 Å². The fraction of sp³-hybridized carbons (Fsp3) is 0.500. The van der Waals surface area contributed by atoms with Gasteiger partial charge in [0.15, 0.2) is 5.78 Å². The van der Waals surface area contributed by atoms with E-state index in [-0.39, 0.29) is 24.7 Å². The molecule has 0 N–H and O–H groups in total. The van der Waals surface area contributed by atoms with Crippen LogP contribution in [0.3, 0.4) is 0 Å². The summed E-state index contributed by atoms with van der Waals surface area (Å²) in [6, 6.07) is 2.25. The van der Waals surface area contributed by atoms with Gasteiger partial charge in [0.05, 0.1) is 18.5 Å². The number of nitrogens with zero attached hydrogens (tertiary/aromatic N) is 2. The highest BCUT2D eigenvalue weighted by Gasteiger charge is 2.33. The van der Waals surface area contributed by atoms with E-state index < -0.39 is 0 Å². The van der Waals surface area contributed by atoms with Crippen molar-refractivity contribution in [3.8, 4) is 6.07 Å². The predicted octanol–water partition coefficient (Wildman–Crippen LogP) is 2.19. The minimum atomic E-state index is -0.169. The van der Waals surface area contributed by atoms with E-state index in [0.29, 0.717) is 10.6 Å². The van der Waals surface area contributed by atoms with E-state index in [1.807, 2.05) is 0 Å². The first-order valence-corrected chi connectivity index (χ1v) is 7.39. The number of nitriles is 1. The van der Waals surface area contributed by atoms with E-state index in [2.05, 4.69) is 6.07 Å². The maximum absolute atomic E-state index is 11.8. The van der Waals surface area contributed by atoms with E-state index in [9.17, 15) is 14.9 Å². The Bertz CT molecular complexity index is 597. The molecule has 0 unspecified atom stereocenters. The number of amides is 1.